The van der Waals surface area contributed by atoms with Crippen LogP contribution in [0.2, 0.25) is 0 Å². The molecule has 0 aromatic carbocycles. The third-order valence-corrected chi connectivity index (χ3v) is 4.20. The Kier molecular flexibility index (Phi) is 4.69. The number of carbonyl (C=O) groups is 1. The molecule has 3 heterocycles. The first-order valence-corrected chi connectivity index (χ1v) is 8.14. The van der Waals surface area contributed by atoms with Crippen LogP contribution in [0.25, 0.3) is 0 Å². The van der Waals surface area contributed by atoms with Gasteiger partial charge in [-0.1, -0.05) is 5.16 Å². The monoisotopic (exact) mass is 329 g/mol. The van der Waals surface area contributed by atoms with Crippen LogP contribution in [0.15, 0.2) is 28.9 Å². The summed E-state index contributed by atoms with van der Waals surface area (Å²) in [6.45, 7) is 3.09. The van der Waals surface area contributed by atoms with E-state index in [1.54, 1.807) is 6.20 Å². The van der Waals surface area contributed by atoms with Gasteiger partial charge in [0, 0.05) is 39.4 Å². The highest BCUT2D eigenvalue weighted by molar-refractivity contribution is 5.75. The van der Waals surface area contributed by atoms with Crippen molar-refractivity contribution in [1.82, 2.24) is 20.4 Å². The molecule has 24 heavy (non-hydrogen) atoms. The highest BCUT2D eigenvalue weighted by atomic mass is 16.5. The van der Waals surface area contributed by atoms with Gasteiger partial charge in [0.1, 0.15) is 5.82 Å². The second-order valence-electron chi connectivity index (χ2n) is 6.30. The minimum Gasteiger partial charge on any atom is -0.363 e. The van der Waals surface area contributed by atoms with Gasteiger partial charge in [0.25, 0.3) is 0 Å². The van der Waals surface area contributed by atoms with Crippen LogP contribution >= 0.6 is 0 Å². The van der Waals surface area contributed by atoms with Gasteiger partial charge in [0.2, 0.25) is 0 Å². The molecule has 0 unspecified atom stereocenters. The molecule has 1 aliphatic rings. The SMILES string of the molecule is Cc1cc([C@@H]2CCCN2C(=O)NCc2ccnc(N(C)C)c2)on1. The lowest BCUT2D eigenvalue weighted by Gasteiger charge is -2.23. The number of pyridine rings is 1. The molecule has 1 aliphatic heterocycles. The zero-order valence-electron chi connectivity index (χ0n) is 14.3. The Morgan fingerprint density at radius 3 is 3.00 bits per heavy atom. The fraction of sp³-hybridized carbons (Fsp3) is 0.471. The average Bonchev–Trinajstić information content (AvgIpc) is 3.21. The molecule has 2 amide bonds. The standard InChI is InChI=1S/C17H23N5O2/c1-12-9-15(24-20-12)14-5-4-8-22(14)17(23)19-11-13-6-7-18-16(10-13)21(2)3/h6-7,9-10,14H,4-5,8,11H2,1-3H3,(H,19,23)/t14-/m0/s1. The zero-order valence-corrected chi connectivity index (χ0v) is 14.3. The molecule has 2 aromatic rings. The van der Waals surface area contributed by atoms with Gasteiger partial charge in [-0.05, 0) is 37.5 Å². The van der Waals surface area contributed by atoms with Crippen LogP contribution in [0.3, 0.4) is 0 Å². The third-order valence-electron chi connectivity index (χ3n) is 4.20. The summed E-state index contributed by atoms with van der Waals surface area (Å²) in [4.78, 5) is 20.6. The number of aryl methyl sites for hydroxylation is 1. The van der Waals surface area contributed by atoms with Crippen LogP contribution in [-0.2, 0) is 6.54 Å². The molecular formula is C17H23N5O2. The van der Waals surface area contributed by atoms with Gasteiger partial charge in [0.15, 0.2) is 5.76 Å². The van der Waals surface area contributed by atoms with Crippen LogP contribution in [-0.4, -0.2) is 41.7 Å². The van der Waals surface area contributed by atoms with Gasteiger partial charge in [-0.15, -0.1) is 0 Å². The Labute approximate surface area is 141 Å². The van der Waals surface area contributed by atoms with E-state index < -0.39 is 0 Å². The van der Waals surface area contributed by atoms with Gasteiger partial charge < -0.3 is 19.6 Å². The highest BCUT2D eigenvalue weighted by Gasteiger charge is 2.32. The zero-order chi connectivity index (χ0) is 17.1. The lowest BCUT2D eigenvalue weighted by molar-refractivity contribution is 0.182. The molecule has 7 nitrogen and oxygen atoms in total. The van der Waals surface area contributed by atoms with Crippen molar-refractivity contribution in [3.63, 3.8) is 0 Å². The van der Waals surface area contributed by atoms with E-state index in [1.807, 2.05) is 49.0 Å². The molecule has 7 heteroatoms. The lowest BCUT2D eigenvalue weighted by Crippen LogP contribution is -2.39. The van der Waals surface area contributed by atoms with E-state index in [1.165, 1.54) is 0 Å². The average molecular weight is 329 g/mol. The molecule has 128 valence electrons. The van der Waals surface area contributed by atoms with Crippen LogP contribution in [0.1, 0.15) is 35.9 Å². The van der Waals surface area contributed by atoms with Crippen molar-refractivity contribution >= 4 is 11.8 Å². The maximum atomic E-state index is 12.6. The number of likely N-dealkylation sites (tertiary alicyclic amines) is 1. The lowest BCUT2D eigenvalue weighted by atomic mass is 10.1. The van der Waals surface area contributed by atoms with Crippen molar-refractivity contribution in [3.8, 4) is 0 Å². The quantitative estimate of drug-likeness (QED) is 0.933. The van der Waals surface area contributed by atoms with Gasteiger partial charge >= 0.3 is 6.03 Å². The maximum Gasteiger partial charge on any atom is 0.318 e. The maximum absolute atomic E-state index is 12.6. The molecule has 0 bridgehead atoms. The molecule has 0 spiro atoms. The molecule has 0 radical (unpaired) electrons. The minimum atomic E-state index is -0.0743. The normalized spacial score (nSPS) is 17.1. The number of amides is 2. The third kappa shape index (κ3) is 3.50. The van der Waals surface area contributed by atoms with Crippen molar-refractivity contribution in [2.24, 2.45) is 0 Å². The number of carbonyl (C=O) groups excluding carboxylic acids is 1. The summed E-state index contributed by atoms with van der Waals surface area (Å²) < 4.78 is 5.35. The predicted molar refractivity (Wildman–Crippen MR) is 90.7 cm³/mol. The predicted octanol–water partition coefficient (Wildman–Crippen LogP) is 2.49. The topological polar surface area (TPSA) is 74.5 Å². The Balaban J connectivity index is 1.63. The first-order chi connectivity index (χ1) is 11.5. The van der Waals surface area contributed by atoms with E-state index in [9.17, 15) is 4.79 Å². The van der Waals surface area contributed by atoms with Crippen molar-refractivity contribution < 1.29 is 9.32 Å². The van der Waals surface area contributed by atoms with Crippen LogP contribution in [0.5, 0.6) is 0 Å². The van der Waals surface area contributed by atoms with E-state index in [0.29, 0.717) is 6.54 Å². The van der Waals surface area contributed by atoms with Crippen molar-refractivity contribution in [3.05, 3.63) is 41.4 Å². The fourth-order valence-corrected chi connectivity index (χ4v) is 2.94. The summed E-state index contributed by atoms with van der Waals surface area (Å²) in [6, 6.07) is 5.69. The Hall–Kier alpha value is -2.57. The first kappa shape index (κ1) is 16.3. The molecular weight excluding hydrogens is 306 g/mol. The summed E-state index contributed by atoms with van der Waals surface area (Å²) in [5.41, 5.74) is 1.86. The fourth-order valence-electron chi connectivity index (χ4n) is 2.94. The van der Waals surface area contributed by atoms with Crippen molar-refractivity contribution in [2.75, 3.05) is 25.5 Å². The number of anilines is 1. The number of hydrogen-bond acceptors (Lipinski definition) is 5. The molecule has 1 atom stereocenters. The molecule has 2 aromatic heterocycles. The Morgan fingerprint density at radius 1 is 1.46 bits per heavy atom. The molecule has 1 N–H and O–H groups in total. The second kappa shape index (κ2) is 6.90. The van der Waals surface area contributed by atoms with Gasteiger partial charge in [-0.25, -0.2) is 9.78 Å². The van der Waals surface area contributed by atoms with Crippen LogP contribution in [0.4, 0.5) is 10.6 Å². The van der Waals surface area contributed by atoms with Crippen LogP contribution in [0, 0.1) is 6.92 Å². The first-order valence-electron chi connectivity index (χ1n) is 8.14. The van der Waals surface area contributed by atoms with E-state index in [2.05, 4.69) is 15.5 Å². The summed E-state index contributed by atoms with van der Waals surface area (Å²) in [6.07, 6.45) is 3.63. The molecule has 0 saturated carbocycles. The van der Waals surface area contributed by atoms with Gasteiger partial charge in [-0.2, -0.15) is 0 Å². The van der Waals surface area contributed by atoms with Crippen molar-refractivity contribution in [2.45, 2.75) is 32.4 Å². The molecule has 0 aliphatic carbocycles. The van der Waals surface area contributed by atoms with E-state index in [-0.39, 0.29) is 12.1 Å². The molecule has 1 saturated heterocycles. The number of aromatic nitrogens is 2. The van der Waals surface area contributed by atoms with E-state index in [4.69, 9.17) is 4.52 Å². The summed E-state index contributed by atoms with van der Waals surface area (Å²) in [5.74, 6) is 1.64. The number of nitrogens with one attached hydrogen (secondary N) is 1. The second-order valence-corrected chi connectivity index (χ2v) is 6.30. The van der Waals surface area contributed by atoms with Gasteiger partial charge in [-0.3, -0.25) is 0 Å². The Morgan fingerprint density at radius 2 is 2.29 bits per heavy atom. The summed E-state index contributed by atoms with van der Waals surface area (Å²) in [7, 11) is 3.89. The summed E-state index contributed by atoms with van der Waals surface area (Å²) >= 11 is 0. The minimum absolute atomic E-state index is 0.0269. The number of nitrogens with zero attached hydrogens (tertiary/aromatic N) is 4. The molecule has 1 fully saturated rings. The van der Waals surface area contributed by atoms with Crippen molar-refractivity contribution in [1.29, 1.82) is 0 Å². The Bertz CT molecular complexity index is 713. The van der Waals surface area contributed by atoms with Gasteiger partial charge in [0.05, 0.1) is 11.7 Å². The number of hydrogen-bond donors (Lipinski definition) is 1. The van der Waals surface area contributed by atoms with Crippen LogP contribution < -0.4 is 10.2 Å². The highest BCUT2D eigenvalue weighted by Crippen LogP contribution is 2.32. The largest absolute Gasteiger partial charge is 0.363 e. The number of urea groups is 1. The smallest absolute Gasteiger partial charge is 0.318 e. The number of rotatable bonds is 4. The van der Waals surface area contributed by atoms with E-state index in [0.717, 1.165) is 42.2 Å². The molecule has 3 rings (SSSR count). The summed E-state index contributed by atoms with van der Waals surface area (Å²) in [5, 5.41) is 6.92. The van der Waals surface area contributed by atoms with E-state index >= 15 is 0 Å².